The van der Waals surface area contributed by atoms with Crippen LogP contribution in [0.25, 0.3) is 0 Å². The van der Waals surface area contributed by atoms with Gasteiger partial charge in [0.15, 0.2) is 0 Å². The van der Waals surface area contributed by atoms with Gasteiger partial charge in [-0.05, 0) is 50.1 Å². The van der Waals surface area contributed by atoms with Crippen molar-refractivity contribution in [2.24, 2.45) is 0 Å². The smallest absolute Gasteiger partial charge is 0.101 e. The molecule has 0 aliphatic rings. The van der Waals surface area contributed by atoms with Gasteiger partial charge in [0.2, 0.25) is 0 Å². The second-order valence-corrected chi connectivity index (χ2v) is 5.44. The molecule has 1 atom stereocenters. The topological polar surface area (TPSA) is 35.8 Å². The molecule has 0 spiro atoms. The summed E-state index contributed by atoms with van der Waals surface area (Å²) in [4.78, 5) is 0. The Kier molecular flexibility index (Phi) is 4.32. The number of benzene rings is 2. The number of hydrogen-bond acceptors (Lipinski definition) is 2. The van der Waals surface area contributed by atoms with E-state index in [1.54, 1.807) is 12.1 Å². The second-order valence-electron chi connectivity index (χ2n) is 5.03. The van der Waals surface area contributed by atoms with Gasteiger partial charge in [0.1, 0.15) is 6.07 Å². The van der Waals surface area contributed by atoms with E-state index in [0.29, 0.717) is 10.6 Å². The number of nitrogens with one attached hydrogen (secondary N) is 1. The van der Waals surface area contributed by atoms with Gasteiger partial charge in [-0.3, -0.25) is 0 Å². The van der Waals surface area contributed by atoms with Crippen molar-refractivity contribution in [3.05, 3.63) is 63.7 Å². The molecule has 2 rings (SSSR count). The Morgan fingerprint density at radius 3 is 2.50 bits per heavy atom. The number of nitrogens with zero attached hydrogens (tertiary/aromatic N) is 1. The van der Waals surface area contributed by atoms with E-state index in [1.165, 1.54) is 16.7 Å². The summed E-state index contributed by atoms with van der Waals surface area (Å²) in [6, 6.07) is 14.1. The summed E-state index contributed by atoms with van der Waals surface area (Å²) in [7, 11) is 0. The molecule has 0 radical (unpaired) electrons. The highest BCUT2D eigenvalue weighted by molar-refractivity contribution is 6.32. The Bertz CT molecular complexity index is 671. The molecular weight excluding hydrogens is 268 g/mol. The molecule has 0 aromatic heterocycles. The van der Waals surface area contributed by atoms with Crippen molar-refractivity contribution in [3.63, 3.8) is 0 Å². The Labute approximate surface area is 125 Å². The number of rotatable bonds is 3. The minimum atomic E-state index is 0.180. The number of anilines is 1. The van der Waals surface area contributed by atoms with Crippen molar-refractivity contribution >= 4 is 17.3 Å². The van der Waals surface area contributed by atoms with Crippen molar-refractivity contribution in [2.45, 2.75) is 26.8 Å². The largest absolute Gasteiger partial charge is 0.378 e. The number of hydrogen-bond donors (Lipinski definition) is 1. The van der Waals surface area contributed by atoms with Crippen LogP contribution >= 0.6 is 11.6 Å². The molecule has 0 aliphatic carbocycles. The van der Waals surface area contributed by atoms with Gasteiger partial charge in [-0.2, -0.15) is 5.26 Å². The highest BCUT2D eigenvalue weighted by atomic mass is 35.5. The van der Waals surface area contributed by atoms with Crippen LogP contribution in [0.3, 0.4) is 0 Å². The Balaban J connectivity index is 2.21. The Morgan fingerprint density at radius 2 is 1.90 bits per heavy atom. The predicted octanol–water partition coefficient (Wildman–Crippen LogP) is 5.00. The quantitative estimate of drug-likeness (QED) is 0.861. The summed E-state index contributed by atoms with van der Waals surface area (Å²) in [5.41, 5.74) is 5.21. The molecule has 2 aromatic carbocycles. The molecule has 2 nitrogen and oxygen atoms in total. The molecular formula is C17H17ClN2. The highest BCUT2D eigenvalue weighted by Gasteiger charge is 2.09. The van der Waals surface area contributed by atoms with Crippen molar-refractivity contribution in [1.82, 2.24) is 0 Å². The van der Waals surface area contributed by atoms with Gasteiger partial charge in [0, 0.05) is 11.7 Å². The van der Waals surface area contributed by atoms with Crippen LogP contribution in [-0.4, -0.2) is 0 Å². The summed E-state index contributed by atoms with van der Waals surface area (Å²) in [6.07, 6.45) is 0. The molecule has 0 fully saturated rings. The maximum atomic E-state index is 8.88. The molecule has 0 bridgehead atoms. The normalized spacial score (nSPS) is 11.8. The first-order chi connectivity index (χ1) is 9.51. The van der Waals surface area contributed by atoms with Crippen molar-refractivity contribution < 1.29 is 0 Å². The fourth-order valence-corrected chi connectivity index (χ4v) is 2.56. The van der Waals surface area contributed by atoms with Crippen LogP contribution in [0.4, 0.5) is 5.69 Å². The van der Waals surface area contributed by atoms with Crippen LogP contribution in [-0.2, 0) is 0 Å². The summed E-state index contributed by atoms with van der Waals surface area (Å²) >= 11 is 6.05. The molecule has 0 aliphatic heterocycles. The lowest BCUT2D eigenvalue weighted by molar-refractivity contribution is 0.873. The zero-order valence-corrected chi connectivity index (χ0v) is 12.6. The van der Waals surface area contributed by atoms with Gasteiger partial charge in [-0.15, -0.1) is 0 Å². The molecule has 0 saturated heterocycles. The fraction of sp³-hybridized carbons (Fsp3) is 0.235. The predicted molar refractivity (Wildman–Crippen MR) is 84.1 cm³/mol. The van der Waals surface area contributed by atoms with Crippen molar-refractivity contribution in [3.8, 4) is 6.07 Å². The SMILES string of the molecule is Cc1ccc(C(C)Nc2ccc(C#N)c(Cl)c2)c(C)c1. The summed E-state index contributed by atoms with van der Waals surface area (Å²) in [5.74, 6) is 0. The van der Waals surface area contributed by atoms with Gasteiger partial charge in [-0.25, -0.2) is 0 Å². The molecule has 1 unspecified atom stereocenters. The van der Waals surface area contributed by atoms with Gasteiger partial charge in [0.05, 0.1) is 10.6 Å². The van der Waals surface area contributed by atoms with E-state index < -0.39 is 0 Å². The number of halogens is 1. The fourth-order valence-electron chi connectivity index (χ4n) is 2.33. The average Bonchev–Trinajstić information content (AvgIpc) is 2.38. The van der Waals surface area contributed by atoms with Crippen LogP contribution in [0, 0.1) is 25.2 Å². The zero-order chi connectivity index (χ0) is 14.7. The van der Waals surface area contributed by atoms with Crippen LogP contribution in [0.2, 0.25) is 5.02 Å². The first-order valence-electron chi connectivity index (χ1n) is 6.54. The maximum Gasteiger partial charge on any atom is 0.101 e. The maximum absolute atomic E-state index is 8.88. The third-order valence-corrected chi connectivity index (χ3v) is 3.68. The average molecular weight is 285 g/mol. The standard InChI is InChI=1S/C17H17ClN2/c1-11-4-7-16(12(2)8-11)13(3)20-15-6-5-14(10-19)17(18)9-15/h4-9,13,20H,1-3H3. The molecule has 0 heterocycles. The molecule has 2 aromatic rings. The second kappa shape index (κ2) is 5.98. The molecule has 3 heteroatoms. The van der Waals surface area contributed by atoms with Crippen LogP contribution in [0.15, 0.2) is 36.4 Å². The zero-order valence-electron chi connectivity index (χ0n) is 11.9. The van der Waals surface area contributed by atoms with Gasteiger partial charge in [-0.1, -0.05) is 35.4 Å². The lowest BCUT2D eigenvalue weighted by Gasteiger charge is -2.18. The Morgan fingerprint density at radius 1 is 1.15 bits per heavy atom. The molecule has 20 heavy (non-hydrogen) atoms. The van der Waals surface area contributed by atoms with Crippen LogP contribution < -0.4 is 5.32 Å². The third kappa shape index (κ3) is 3.12. The monoisotopic (exact) mass is 284 g/mol. The van der Waals surface area contributed by atoms with Crippen LogP contribution in [0.5, 0.6) is 0 Å². The number of aryl methyl sites for hydroxylation is 2. The van der Waals surface area contributed by atoms with E-state index in [0.717, 1.165) is 5.69 Å². The van der Waals surface area contributed by atoms with E-state index >= 15 is 0 Å². The lowest BCUT2D eigenvalue weighted by Crippen LogP contribution is -2.08. The van der Waals surface area contributed by atoms with E-state index in [9.17, 15) is 0 Å². The highest BCUT2D eigenvalue weighted by Crippen LogP contribution is 2.26. The van der Waals surface area contributed by atoms with E-state index in [-0.39, 0.29) is 6.04 Å². The molecule has 0 saturated carbocycles. The molecule has 0 amide bonds. The molecule has 1 N–H and O–H groups in total. The van der Waals surface area contributed by atoms with Gasteiger partial charge < -0.3 is 5.32 Å². The minimum Gasteiger partial charge on any atom is -0.378 e. The van der Waals surface area contributed by atoms with E-state index in [1.807, 2.05) is 6.07 Å². The van der Waals surface area contributed by atoms with E-state index in [4.69, 9.17) is 16.9 Å². The number of nitriles is 1. The first-order valence-corrected chi connectivity index (χ1v) is 6.92. The Hall–Kier alpha value is -1.98. The van der Waals surface area contributed by atoms with Crippen molar-refractivity contribution in [2.75, 3.05) is 5.32 Å². The summed E-state index contributed by atoms with van der Waals surface area (Å²) in [5, 5.41) is 12.8. The van der Waals surface area contributed by atoms with Gasteiger partial charge in [0.25, 0.3) is 0 Å². The summed E-state index contributed by atoms with van der Waals surface area (Å²) < 4.78 is 0. The van der Waals surface area contributed by atoms with Crippen LogP contribution in [0.1, 0.15) is 35.2 Å². The minimum absolute atomic E-state index is 0.180. The summed E-state index contributed by atoms with van der Waals surface area (Å²) in [6.45, 7) is 6.32. The first kappa shape index (κ1) is 14.4. The third-order valence-electron chi connectivity index (χ3n) is 3.36. The van der Waals surface area contributed by atoms with Gasteiger partial charge >= 0.3 is 0 Å². The van der Waals surface area contributed by atoms with Crippen molar-refractivity contribution in [1.29, 1.82) is 5.26 Å². The lowest BCUT2D eigenvalue weighted by atomic mass is 10.00. The molecule has 102 valence electrons. The van der Waals surface area contributed by atoms with E-state index in [2.05, 4.69) is 50.4 Å².